The highest BCUT2D eigenvalue weighted by Crippen LogP contribution is 2.34. The van der Waals surface area contributed by atoms with Crippen LogP contribution in [-0.2, 0) is 32.0 Å². The van der Waals surface area contributed by atoms with Gasteiger partial charge in [-0.2, -0.15) is 0 Å². The van der Waals surface area contributed by atoms with Crippen molar-refractivity contribution in [3.05, 3.63) is 60.3 Å². The molecular weight excluding hydrogens is 421 g/mol. The van der Waals surface area contributed by atoms with Crippen LogP contribution in [0.2, 0.25) is 0 Å². The quantitative estimate of drug-likeness (QED) is 0.555. The van der Waals surface area contributed by atoms with Gasteiger partial charge in [-0.3, -0.25) is 14.2 Å². The van der Waals surface area contributed by atoms with Crippen LogP contribution in [0.15, 0.2) is 59.6 Å². The maximum atomic E-state index is 13.9. The van der Waals surface area contributed by atoms with Crippen LogP contribution in [0.5, 0.6) is 0 Å². The van der Waals surface area contributed by atoms with Gasteiger partial charge in [-0.1, -0.05) is 30.3 Å². The molecule has 30 heavy (non-hydrogen) atoms. The van der Waals surface area contributed by atoms with Crippen LogP contribution in [0, 0.1) is 0 Å². The number of methoxy groups -OCH3 is 1. The summed E-state index contributed by atoms with van der Waals surface area (Å²) in [6.07, 6.45) is 1.83. The molecule has 0 amide bonds. The molecule has 1 N–H and O–H groups in total. The summed E-state index contributed by atoms with van der Waals surface area (Å²) >= 11 is 0. The van der Waals surface area contributed by atoms with Crippen molar-refractivity contribution in [2.45, 2.75) is 30.7 Å². The summed E-state index contributed by atoms with van der Waals surface area (Å²) in [5, 5.41) is 0.740. The average Bonchev–Trinajstić information content (AvgIpc) is 3.09. The molecule has 0 unspecified atom stereocenters. The van der Waals surface area contributed by atoms with Gasteiger partial charge in [-0.15, -0.1) is 0 Å². The number of carbonyl (C=O) groups is 1. The zero-order chi connectivity index (χ0) is 21.2. The smallest absolute Gasteiger partial charge is 0.307 e. The molecule has 0 aliphatic carbocycles. The first-order chi connectivity index (χ1) is 13.6. The van der Waals surface area contributed by atoms with Gasteiger partial charge in [-0.25, -0.2) is 17.2 Å². The summed E-state index contributed by atoms with van der Waals surface area (Å²) in [7, 11) is -3.00. The van der Waals surface area contributed by atoms with Crippen molar-refractivity contribution in [1.29, 1.82) is 0 Å². The normalized spacial score (nSPS) is 11.7. The zero-order valence-electron chi connectivity index (χ0n) is 16.3. The number of hydrogen-bond donors (Lipinski definition) is 1. The number of rotatable bonds is 7. The van der Waals surface area contributed by atoms with Gasteiger partial charge in [-0.05, 0) is 18.2 Å². The van der Waals surface area contributed by atoms with Crippen LogP contribution >= 0.6 is 0 Å². The number of halogens is 3. The maximum Gasteiger partial charge on any atom is 0.307 e. The third-order valence-electron chi connectivity index (χ3n) is 4.47. The molecule has 0 spiro atoms. The lowest BCUT2D eigenvalue weighted by atomic mass is 10.1. The molecule has 0 saturated carbocycles. The molecule has 0 aliphatic heterocycles. The van der Waals surface area contributed by atoms with Crippen LogP contribution < -0.4 is 4.72 Å². The van der Waals surface area contributed by atoms with Crippen molar-refractivity contribution in [2.24, 2.45) is 0 Å². The Morgan fingerprint density at radius 3 is 2.50 bits per heavy atom. The summed E-state index contributed by atoms with van der Waals surface area (Å²) in [6, 6.07) is 11.8. The van der Waals surface area contributed by atoms with Gasteiger partial charge >= 0.3 is 5.97 Å². The van der Waals surface area contributed by atoms with Crippen molar-refractivity contribution in [3.63, 3.8) is 0 Å². The highest BCUT2D eigenvalue weighted by Gasteiger charge is 2.32. The number of ether oxygens (including phenoxy) is 1. The Labute approximate surface area is 171 Å². The standard InChI is InChI=1S/C20H20F2N2O4S.FH/c1-20(21,22)15-7-3-4-9-17(15)29(26,27)23-16-8-5-6-14-10-12-24(19(14)16)13-11-18(25)28-2;/h3-10,12,23H,11,13H2,1-2H3;1H. The van der Waals surface area contributed by atoms with Crippen molar-refractivity contribution in [3.8, 4) is 0 Å². The van der Waals surface area contributed by atoms with Gasteiger partial charge in [0, 0.05) is 30.6 Å². The Bertz CT molecular complexity index is 1150. The van der Waals surface area contributed by atoms with Gasteiger partial charge < -0.3 is 9.30 Å². The van der Waals surface area contributed by atoms with Crippen LogP contribution in [0.3, 0.4) is 0 Å². The number of benzene rings is 2. The van der Waals surface area contributed by atoms with E-state index in [0.717, 1.165) is 17.5 Å². The molecule has 10 heteroatoms. The van der Waals surface area contributed by atoms with Crippen molar-refractivity contribution < 1.29 is 31.4 Å². The van der Waals surface area contributed by atoms with E-state index >= 15 is 0 Å². The molecular formula is C20H21F3N2O4S. The molecule has 1 aromatic heterocycles. The Kier molecular flexibility index (Phi) is 6.81. The summed E-state index contributed by atoms with van der Waals surface area (Å²) in [5.41, 5.74) is 0.188. The third-order valence-corrected chi connectivity index (χ3v) is 5.89. The molecule has 3 rings (SSSR count). The predicted molar refractivity (Wildman–Crippen MR) is 108 cm³/mol. The van der Waals surface area contributed by atoms with Crippen LogP contribution in [0.1, 0.15) is 18.9 Å². The largest absolute Gasteiger partial charge is 0.469 e. The Morgan fingerprint density at radius 2 is 1.83 bits per heavy atom. The fraction of sp³-hybridized carbons (Fsp3) is 0.250. The van der Waals surface area contributed by atoms with Crippen LogP contribution in [0.4, 0.5) is 19.2 Å². The summed E-state index contributed by atoms with van der Waals surface area (Å²) in [6.45, 7) is 0.929. The van der Waals surface area contributed by atoms with Crippen LogP contribution in [-0.4, -0.2) is 26.1 Å². The number of nitrogens with one attached hydrogen (secondary N) is 1. The lowest BCUT2D eigenvalue weighted by Crippen LogP contribution is -2.20. The van der Waals surface area contributed by atoms with Crippen molar-refractivity contribution in [1.82, 2.24) is 4.57 Å². The second-order valence-corrected chi connectivity index (χ2v) is 8.22. The topological polar surface area (TPSA) is 77.4 Å². The number of aryl methyl sites for hydroxylation is 1. The molecule has 0 bridgehead atoms. The molecule has 0 saturated heterocycles. The minimum absolute atomic E-state index is 0. The van der Waals surface area contributed by atoms with E-state index in [1.54, 1.807) is 35.0 Å². The molecule has 3 aromatic rings. The molecule has 162 valence electrons. The number of sulfonamides is 1. The van der Waals surface area contributed by atoms with Gasteiger partial charge in [0.1, 0.15) is 0 Å². The first-order valence-corrected chi connectivity index (χ1v) is 10.3. The number of fused-ring (bicyclic) bond motifs is 1. The Hall–Kier alpha value is -3.01. The minimum atomic E-state index is -4.28. The van der Waals surface area contributed by atoms with E-state index in [1.165, 1.54) is 19.2 Å². The highest BCUT2D eigenvalue weighted by molar-refractivity contribution is 7.92. The van der Waals surface area contributed by atoms with E-state index < -0.39 is 32.4 Å². The molecule has 2 aromatic carbocycles. The SMILES string of the molecule is COC(=O)CCn1ccc2cccc(NS(=O)(=O)c3ccccc3C(C)(F)F)c21.F. The second-order valence-electron chi connectivity index (χ2n) is 6.57. The van der Waals surface area contributed by atoms with Gasteiger partial charge in [0.15, 0.2) is 0 Å². The van der Waals surface area contributed by atoms with Crippen LogP contribution in [0.25, 0.3) is 10.9 Å². The van der Waals surface area contributed by atoms with Gasteiger partial charge in [0.05, 0.1) is 29.6 Å². The van der Waals surface area contributed by atoms with Gasteiger partial charge in [0.25, 0.3) is 15.9 Å². The maximum absolute atomic E-state index is 13.9. The zero-order valence-corrected chi connectivity index (χ0v) is 17.1. The summed E-state index contributed by atoms with van der Waals surface area (Å²) in [4.78, 5) is 11.0. The lowest BCUT2D eigenvalue weighted by molar-refractivity contribution is -0.140. The lowest BCUT2D eigenvalue weighted by Gasteiger charge is -2.17. The van der Waals surface area contributed by atoms with E-state index in [9.17, 15) is 22.0 Å². The fourth-order valence-corrected chi connectivity index (χ4v) is 4.47. The number of hydrogen-bond acceptors (Lipinski definition) is 4. The number of nitrogens with zero attached hydrogens (tertiary/aromatic N) is 1. The van der Waals surface area contributed by atoms with Crippen molar-refractivity contribution >= 4 is 32.6 Å². The molecule has 1 heterocycles. The fourth-order valence-electron chi connectivity index (χ4n) is 3.11. The first kappa shape index (κ1) is 23.3. The molecule has 0 atom stereocenters. The Balaban J connectivity index is 0.00000320. The number of alkyl halides is 2. The average molecular weight is 442 g/mol. The number of aromatic nitrogens is 1. The van der Waals surface area contributed by atoms with E-state index in [2.05, 4.69) is 9.46 Å². The van der Waals surface area contributed by atoms with Gasteiger partial charge in [0.2, 0.25) is 0 Å². The van der Waals surface area contributed by atoms with E-state index in [0.29, 0.717) is 12.4 Å². The first-order valence-electron chi connectivity index (χ1n) is 8.78. The minimum Gasteiger partial charge on any atom is -0.469 e. The molecule has 0 aliphatic rings. The molecule has 0 fully saturated rings. The Morgan fingerprint density at radius 1 is 1.13 bits per heavy atom. The number of carbonyl (C=O) groups excluding carboxylic acids is 1. The van der Waals surface area contributed by atoms with E-state index in [-0.39, 0.29) is 23.4 Å². The van der Waals surface area contributed by atoms with E-state index in [4.69, 9.17) is 0 Å². The molecule has 6 nitrogen and oxygen atoms in total. The summed E-state index contributed by atoms with van der Waals surface area (Å²) < 4.78 is 62.5. The van der Waals surface area contributed by atoms with Crippen molar-refractivity contribution in [2.75, 3.05) is 11.8 Å². The third kappa shape index (κ3) is 4.76. The number of esters is 1. The monoisotopic (exact) mass is 442 g/mol. The number of anilines is 1. The predicted octanol–water partition coefficient (Wildman–Crippen LogP) is 4.27. The molecule has 0 radical (unpaired) electrons. The second kappa shape index (κ2) is 8.78. The number of para-hydroxylation sites is 1. The highest BCUT2D eigenvalue weighted by atomic mass is 32.2. The summed E-state index contributed by atoms with van der Waals surface area (Å²) in [5.74, 6) is -3.72. The van der Waals surface area contributed by atoms with E-state index in [1.807, 2.05) is 0 Å².